The van der Waals surface area contributed by atoms with Gasteiger partial charge < -0.3 is 10.1 Å². The summed E-state index contributed by atoms with van der Waals surface area (Å²) in [5.41, 5.74) is 6.00. The minimum Gasteiger partial charge on any atom is -0.480 e. The van der Waals surface area contributed by atoms with E-state index < -0.39 is 5.92 Å². The zero-order valence-electron chi connectivity index (χ0n) is 18.9. The zero-order valence-corrected chi connectivity index (χ0v) is 19.6. The first-order chi connectivity index (χ1) is 15.3. The molecule has 2 aromatic heterocycles. The summed E-state index contributed by atoms with van der Waals surface area (Å²) in [7, 11) is 1.53. The quantitative estimate of drug-likeness (QED) is 0.465. The van der Waals surface area contributed by atoms with Crippen molar-refractivity contribution in [3.05, 3.63) is 51.9 Å². The molecule has 2 aromatic rings. The van der Waals surface area contributed by atoms with Gasteiger partial charge in [0.2, 0.25) is 11.8 Å². The van der Waals surface area contributed by atoms with Crippen molar-refractivity contribution in [3.8, 4) is 17.1 Å². The van der Waals surface area contributed by atoms with Gasteiger partial charge in [0.15, 0.2) is 0 Å². The Morgan fingerprint density at radius 2 is 2.09 bits per heavy atom. The van der Waals surface area contributed by atoms with E-state index in [2.05, 4.69) is 30.2 Å². The van der Waals surface area contributed by atoms with Gasteiger partial charge in [-0.05, 0) is 61.6 Å². The number of hydrogen-bond acceptors (Lipinski definition) is 4. The molecule has 172 valence electrons. The minimum absolute atomic E-state index is 0.0907. The van der Waals surface area contributed by atoms with Crippen LogP contribution >= 0.6 is 11.6 Å². The molecule has 4 nitrogen and oxygen atoms in total. The molecular weight excluding hydrogens is 432 g/mol. The Morgan fingerprint density at radius 3 is 2.72 bits per heavy atom. The molecule has 2 aliphatic rings. The Morgan fingerprint density at radius 1 is 1.34 bits per heavy atom. The molecule has 0 spiro atoms. The first-order valence-corrected chi connectivity index (χ1v) is 11.7. The van der Waals surface area contributed by atoms with Crippen LogP contribution in [0.3, 0.4) is 0 Å². The highest BCUT2D eigenvalue weighted by molar-refractivity contribution is 6.34. The van der Waals surface area contributed by atoms with Crippen LogP contribution in [0.25, 0.3) is 11.3 Å². The van der Waals surface area contributed by atoms with Gasteiger partial charge in [-0.15, -0.1) is 0 Å². The standard InChI is InChI=1S/C25H30ClF2N3O/c1-4-5-18-15(2)10-21(31-23(18)19-8-9-30-24(32-3)22(19)26)20(14-29-13-16-6-7-16)17-11-25(27,28)12-17/h8-10,13,17,20,29H,4-7,11-12,14H2,1-3H3. The van der Waals surface area contributed by atoms with Gasteiger partial charge in [0, 0.05) is 42.8 Å². The number of rotatable bonds is 9. The van der Waals surface area contributed by atoms with Gasteiger partial charge in [-0.3, -0.25) is 4.98 Å². The van der Waals surface area contributed by atoms with Gasteiger partial charge in [-0.2, -0.15) is 0 Å². The molecular formula is C25H30ClF2N3O. The topological polar surface area (TPSA) is 47.0 Å². The van der Waals surface area contributed by atoms with E-state index >= 15 is 0 Å². The van der Waals surface area contributed by atoms with Crippen molar-refractivity contribution in [1.82, 2.24) is 15.3 Å². The number of halogens is 3. The monoisotopic (exact) mass is 461 g/mol. The molecule has 0 amide bonds. The normalized spacial score (nSPS) is 18.1. The fraction of sp³-hybridized carbons (Fsp3) is 0.520. The molecule has 0 bridgehead atoms. The molecule has 32 heavy (non-hydrogen) atoms. The molecule has 1 unspecified atom stereocenters. The summed E-state index contributed by atoms with van der Waals surface area (Å²) in [6, 6.07) is 3.92. The van der Waals surface area contributed by atoms with E-state index in [0.717, 1.165) is 53.8 Å². The molecule has 1 N–H and O–H groups in total. The third-order valence-electron chi connectivity index (χ3n) is 6.43. The number of nitrogens with one attached hydrogen (secondary N) is 1. The lowest BCUT2D eigenvalue weighted by atomic mass is 9.71. The van der Waals surface area contributed by atoms with Crippen LogP contribution in [-0.2, 0) is 6.42 Å². The number of pyridine rings is 2. The highest BCUT2D eigenvalue weighted by Gasteiger charge is 2.49. The van der Waals surface area contributed by atoms with E-state index in [9.17, 15) is 8.78 Å². The van der Waals surface area contributed by atoms with Crippen molar-refractivity contribution >= 4 is 11.6 Å². The van der Waals surface area contributed by atoms with Gasteiger partial charge in [-0.25, -0.2) is 13.8 Å². The average molecular weight is 462 g/mol. The number of aromatic nitrogens is 2. The Bertz CT molecular complexity index is 1010. The molecule has 0 saturated heterocycles. The Kier molecular flexibility index (Phi) is 6.70. The van der Waals surface area contributed by atoms with Crippen molar-refractivity contribution < 1.29 is 13.5 Å². The maximum Gasteiger partial charge on any atom is 0.248 e. The largest absolute Gasteiger partial charge is 0.480 e. The van der Waals surface area contributed by atoms with Crippen molar-refractivity contribution in [1.29, 1.82) is 0 Å². The van der Waals surface area contributed by atoms with Crippen LogP contribution < -0.4 is 10.1 Å². The summed E-state index contributed by atoms with van der Waals surface area (Å²) in [5, 5.41) is 3.78. The smallest absolute Gasteiger partial charge is 0.248 e. The average Bonchev–Trinajstić information content (AvgIpc) is 3.56. The highest BCUT2D eigenvalue weighted by Crippen LogP contribution is 2.49. The fourth-order valence-electron chi connectivity index (χ4n) is 4.50. The number of allylic oxidation sites excluding steroid dienone is 1. The van der Waals surface area contributed by atoms with Crippen molar-refractivity contribution in [2.45, 2.75) is 64.2 Å². The maximum absolute atomic E-state index is 13.8. The van der Waals surface area contributed by atoms with Crippen molar-refractivity contribution in [2.24, 2.45) is 5.92 Å². The van der Waals surface area contributed by atoms with Crippen LogP contribution in [0.1, 0.15) is 61.8 Å². The second-order valence-corrected chi connectivity index (χ2v) is 9.34. The summed E-state index contributed by atoms with van der Waals surface area (Å²) in [5.74, 6) is -2.42. The highest BCUT2D eigenvalue weighted by atomic mass is 35.5. The first kappa shape index (κ1) is 23.0. The third-order valence-corrected chi connectivity index (χ3v) is 6.79. The zero-order chi connectivity index (χ0) is 22.9. The number of ether oxygens (including phenoxy) is 1. The van der Waals surface area contributed by atoms with Crippen LogP contribution in [0.4, 0.5) is 8.78 Å². The number of nitrogens with zero attached hydrogens (tertiary/aromatic N) is 2. The molecule has 1 atom stereocenters. The van der Waals surface area contributed by atoms with Crippen LogP contribution in [0.2, 0.25) is 5.02 Å². The van der Waals surface area contributed by atoms with E-state index in [1.165, 1.54) is 12.7 Å². The Labute approximate surface area is 193 Å². The second-order valence-electron chi connectivity index (χ2n) is 8.96. The SMILES string of the molecule is CCCc1c(C)cc(C(CNC=C2CC2)C2CC(F)(F)C2)nc1-c1ccnc(OC)c1Cl. The number of methoxy groups -OCH3 is 1. The first-order valence-electron chi connectivity index (χ1n) is 11.3. The minimum atomic E-state index is -2.57. The molecule has 2 fully saturated rings. The second kappa shape index (κ2) is 9.34. The maximum atomic E-state index is 13.8. The molecule has 4 rings (SSSR count). The van der Waals surface area contributed by atoms with E-state index in [-0.39, 0.29) is 24.7 Å². The van der Waals surface area contributed by atoms with Gasteiger partial charge in [0.1, 0.15) is 5.02 Å². The molecule has 2 heterocycles. The Balaban J connectivity index is 1.75. The molecule has 0 aromatic carbocycles. The lowest BCUT2D eigenvalue weighted by molar-refractivity contribution is -0.117. The van der Waals surface area contributed by atoms with E-state index in [1.54, 1.807) is 6.20 Å². The summed E-state index contributed by atoms with van der Waals surface area (Å²) < 4.78 is 32.8. The van der Waals surface area contributed by atoms with Gasteiger partial charge in [0.05, 0.1) is 12.8 Å². The molecule has 0 aliphatic heterocycles. The van der Waals surface area contributed by atoms with Crippen LogP contribution in [0, 0.1) is 12.8 Å². The number of aryl methyl sites for hydroxylation is 1. The molecule has 0 radical (unpaired) electrons. The number of alkyl halides is 2. The summed E-state index contributed by atoms with van der Waals surface area (Å²) in [6.07, 6.45) is 7.57. The Hall–Kier alpha value is -2.21. The predicted octanol–water partition coefficient (Wildman–Crippen LogP) is 6.46. The molecule has 7 heteroatoms. The van der Waals surface area contributed by atoms with E-state index in [1.807, 2.05) is 12.3 Å². The predicted molar refractivity (Wildman–Crippen MR) is 123 cm³/mol. The van der Waals surface area contributed by atoms with Crippen LogP contribution in [0.5, 0.6) is 5.88 Å². The lowest BCUT2D eigenvalue weighted by Crippen LogP contribution is -2.41. The molecule has 2 aliphatic carbocycles. The summed E-state index contributed by atoms with van der Waals surface area (Å²) >= 11 is 6.62. The summed E-state index contributed by atoms with van der Waals surface area (Å²) in [6.45, 7) is 4.79. The van der Waals surface area contributed by atoms with Crippen molar-refractivity contribution in [3.63, 3.8) is 0 Å². The van der Waals surface area contributed by atoms with E-state index in [0.29, 0.717) is 17.4 Å². The summed E-state index contributed by atoms with van der Waals surface area (Å²) in [4.78, 5) is 9.24. The third kappa shape index (κ3) is 4.90. The van der Waals surface area contributed by atoms with E-state index in [4.69, 9.17) is 21.3 Å². The number of hydrogen-bond donors (Lipinski definition) is 1. The van der Waals surface area contributed by atoms with Gasteiger partial charge in [0.25, 0.3) is 0 Å². The van der Waals surface area contributed by atoms with Gasteiger partial charge in [-0.1, -0.05) is 30.5 Å². The van der Waals surface area contributed by atoms with Crippen LogP contribution in [-0.4, -0.2) is 29.5 Å². The van der Waals surface area contributed by atoms with Crippen molar-refractivity contribution in [2.75, 3.05) is 13.7 Å². The van der Waals surface area contributed by atoms with Crippen LogP contribution in [0.15, 0.2) is 30.1 Å². The fourth-order valence-corrected chi connectivity index (χ4v) is 4.78. The van der Waals surface area contributed by atoms with Gasteiger partial charge >= 0.3 is 0 Å². The lowest BCUT2D eigenvalue weighted by Gasteiger charge is -2.40. The molecule has 2 saturated carbocycles.